The van der Waals surface area contributed by atoms with Crippen LogP contribution in [-0.4, -0.2) is 43.0 Å². The topological polar surface area (TPSA) is 67.9 Å². The summed E-state index contributed by atoms with van der Waals surface area (Å²) < 4.78 is 10.6. The second-order valence-electron chi connectivity index (χ2n) is 7.93. The number of carbonyl (C=O) groups excluding carboxylic acids is 2. The molecule has 6 nitrogen and oxygen atoms in total. The number of hydrogen-bond acceptors (Lipinski definition) is 4. The number of aryl methyl sites for hydroxylation is 1. The van der Waals surface area contributed by atoms with Crippen LogP contribution in [0.1, 0.15) is 36.5 Å². The number of hydrogen-bond donors (Lipinski definition) is 1. The highest BCUT2D eigenvalue weighted by Crippen LogP contribution is 2.32. The van der Waals surface area contributed by atoms with Gasteiger partial charge in [-0.05, 0) is 49.9 Å². The average molecular weight is 411 g/mol. The molecule has 1 N–H and O–H groups in total. The fourth-order valence-corrected chi connectivity index (χ4v) is 3.86. The van der Waals surface area contributed by atoms with Crippen molar-refractivity contribution in [3.63, 3.8) is 0 Å². The first-order chi connectivity index (χ1) is 14.4. The van der Waals surface area contributed by atoms with Crippen LogP contribution < -0.4 is 14.8 Å². The molecule has 2 aromatic carbocycles. The van der Waals surface area contributed by atoms with Crippen molar-refractivity contribution in [2.24, 2.45) is 0 Å². The van der Waals surface area contributed by atoms with Gasteiger partial charge in [-0.25, -0.2) is 0 Å². The van der Waals surface area contributed by atoms with Crippen molar-refractivity contribution >= 4 is 11.8 Å². The van der Waals surface area contributed by atoms with Crippen molar-refractivity contribution in [2.45, 2.75) is 45.2 Å². The molecule has 1 atom stereocenters. The summed E-state index contributed by atoms with van der Waals surface area (Å²) in [4.78, 5) is 27.3. The lowest BCUT2D eigenvalue weighted by Crippen LogP contribution is -2.54. The molecule has 2 amide bonds. The number of amides is 2. The number of nitrogens with zero attached hydrogens (tertiary/aromatic N) is 1. The standard InChI is InChI=1S/C24H30N2O4/c1-17-5-7-19(8-6-17)16-25-23(28)24(2)13-11-22(27)26(24)14-12-18-9-10-20(29-3)21(15-18)30-4/h5-10,15H,11-14,16H2,1-4H3,(H,25,28)/t24-/m0/s1. The Kier molecular flexibility index (Phi) is 6.65. The van der Waals surface area contributed by atoms with Gasteiger partial charge in [0.1, 0.15) is 5.54 Å². The Balaban J connectivity index is 1.66. The van der Waals surface area contributed by atoms with E-state index in [-0.39, 0.29) is 11.8 Å². The Labute approximate surface area is 178 Å². The molecule has 6 heteroatoms. The van der Waals surface area contributed by atoms with Gasteiger partial charge >= 0.3 is 0 Å². The van der Waals surface area contributed by atoms with Crippen LogP contribution in [0.4, 0.5) is 0 Å². The quantitative estimate of drug-likeness (QED) is 0.725. The molecule has 1 aliphatic rings. The smallest absolute Gasteiger partial charge is 0.245 e. The fraction of sp³-hybridized carbons (Fsp3) is 0.417. The monoisotopic (exact) mass is 410 g/mol. The van der Waals surface area contributed by atoms with E-state index in [1.165, 1.54) is 5.56 Å². The van der Waals surface area contributed by atoms with Crippen molar-refractivity contribution in [1.82, 2.24) is 10.2 Å². The molecular weight excluding hydrogens is 380 g/mol. The first-order valence-corrected chi connectivity index (χ1v) is 10.2. The number of rotatable bonds is 8. The molecule has 3 rings (SSSR count). The minimum Gasteiger partial charge on any atom is -0.493 e. The Hall–Kier alpha value is -3.02. The van der Waals surface area contributed by atoms with Crippen LogP contribution in [0.2, 0.25) is 0 Å². The summed E-state index contributed by atoms with van der Waals surface area (Å²) in [6, 6.07) is 13.8. The Morgan fingerprint density at radius 1 is 1.07 bits per heavy atom. The average Bonchev–Trinajstić information content (AvgIpc) is 3.06. The molecular formula is C24H30N2O4. The molecule has 30 heavy (non-hydrogen) atoms. The molecule has 0 radical (unpaired) electrons. The van der Waals surface area contributed by atoms with E-state index in [1.807, 2.05) is 56.3 Å². The molecule has 0 bridgehead atoms. The number of methoxy groups -OCH3 is 2. The maximum absolute atomic E-state index is 13.0. The van der Waals surface area contributed by atoms with E-state index in [0.717, 1.165) is 11.1 Å². The van der Waals surface area contributed by atoms with E-state index in [0.29, 0.717) is 43.9 Å². The number of ether oxygens (including phenoxy) is 2. The van der Waals surface area contributed by atoms with Gasteiger partial charge in [0, 0.05) is 19.5 Å². The van der Waals surface area contributed by atoms with Crippen molar-refractivity contribution in [2.75, 3.05) is 20.8 Å². The van der Waals surface area contributed by atoms with Crippen LogP contribution in [0.5, 0.6) is 11.5 Å². The summed E-state index contributed by atoms with van der Waals surface area (Å²) in [6.45, 7) is 4.82. The van der Waals surface area contributed by atoms with Gasteiger partial charge in [-0.15, -0.1) is 0 Å². The zero-order valence-corrected chi connectivity index (χ0v) is 18.2. The van der Waals surface area contributed by atoms with Gasteiger partial charge in [0.25, 0.3) is 0 Å². The number of benzene rings is 2. The molecule has 0 aliphatic carbocycles. The maximum atomic E-state index is 13.0. The molecule has 2 aromatic rings. The highest BCUT2D eigenvalue weighted by atomic mass is 16.5. The molecule has 0 spiro atoms. The molecule has 0 aromatic heterocycles. The van der Waals surface area contributed by atoms with Gasteiger partial charge in [-0.1, -0.05) is 35.9 Å². The molecule has 1 aliphatic heterocycles. The van der Waals surface area contributed by atoms with Gasteiger partial charge in [0.2, 0.25) is 11.8 Å². The van der Waals surface area contributed by atoms with Gasteiger partial charge in [0.15, 0.2) is 11.5 Å². The van der Waals surface area contributed by atoms with Crippen LogP contribution in [0.25, 0.3) is 0 Å². The van der Waals surface area contributed by atoms with Gasteiger partial charge in [-0.2, -0.15) is 0 Å². The zero-order valence-electron chi connectivity index (χ0n) is 18.2. The van der Waals surface area contributed by atoms with E-state index in [4.69, 9.17) is 9.47 Å². The number of likely N-dealkylation sites (tertiary alicyclic amines) is 1. The van der Waals surface area contributed by atoms with Crippen LogP contribution >= 0.6 is 0 Å². The van der Waals surface area contributed by atoms with Crippen LogP contribution in [0, 0.1) is 6.92 Å². The summed E-state index contributed by atoms with van der Waals surface area (Å²) in [7, 11) is 3.20. The lowest BCUT2D eigenvalue weighted by Gasteiger charge is -2.34. The van der Waals surface area contributed by atoms with Gasteiger partial charge in [0.05, 0.1) is 14.2 Å². The van der Waals surface area contributed by atoms with Gasteiger partial charge in [-0.3, -0.25) is 9.59 Å². The lowest BCUT2D eigenvalue weighted by molar-refractivity contribution is -0.140. The third-order valence-corrected chi connectivity index (χ3v) is 5.86. The summed E-state index contributed by atoms with van der Waals surface area (Å²) in [5, 5.41) is 3.01. The molecule has 1 saturated heterocycles. The Morgan fingerprint density at radius 2 is 1.73 bits per heavy atom. The van der Waals surface area contributed by atoms with E-state index in [1.54, 1.807) is 19.1 Å². The normalized spacial score (nSPS) is 18.4. The van der Waals surface area contributed by atoms with Crippen molar-refractivity contribution in [3.8, 4) is 11.5 Å². The van der Waals surface area contributed by atoms with Crippen molar-refractivity contribution in [3.05, 3.63) is 59.2 Å². The predicted octanol–water partition coefficient (Wildman–Crippen LogP) is 3.25. The highest BCUT2D eigenvalue weighted by Gasteiger charge is 2.46. The third kappa shape index (κ3) is 4.58. The fourth-order valence-electron chi connectivity index (χ4n) is 3.86. The summed E-state index contributed by atoms with van der Waals surface area (Å²) in [6.07, 6.45) is 1.55. The largest absolute Gasteiger partial charge is 0.493 e. The maximum Gasteiger partial charge on any atom is 0.245 e. The van der Waals surface area contributed by atoms with Gasteiger partial charge < -0.3 is 19.7 Å². The van der Waals surface area contributed by atoms with E-state index < -0.39 is 5.54 Å². The highest BCUT2D eigenvalue weighted by molar-refractivity contribution is 5.94. The molecule has 160 valence electrons. The third-order valence-electron chi connectivity index (χ3n) is 5.86. The van der Waals surface area contributed by atoms with E-state index >= 15 is 0 Å². The van der Waals surface area contributed by atoms with E-state index in [2.05, 4.69) is 5.32 Å². The zero-order chi connectivity index (χ0) is 21.7. The van der Waals surface area contributed by atoms with Crippen molar-refractivity contribution < 1.29 is 19.1 Å². The summed E-state index contributed by atoms with van der Waals surface area (Å²) >= 11 is 0. The lowest BCUT2D eigenvalue weighted by atomic mass is 9.97. The second-order valence-corrected chi connectivity index (χ2v) is 7.93. The SMILES string of the molecule is COc1ccc(CCN2C(=O)CC[C@@]2(C)C(=O)NCc2ccc(C)cc2)cc1OC. The minimum atomic E-state index is -0.835. The first kappa shape index (κ1) is 21.7. The molecule has 1 fully saturated rings. The predicted molar refractivity (Wildman–Crippen MR) is 116 cm³/mol. The molecule has 0 unspecified atom stereocenters. The number of nitrogens with one attached hydrogen (secondary N) is 1. The summed E-state index contributed by atoms with van der Waals surface area (Å²) in [5.41, 5.74) is 2.41. The van der Waals surface area contributed by atoms with Crippen LogP contribution in [-0.2, 0) is 22.6 Å². The minimum absolute atomic E-state index is 0.0171. The van der Waals surface area contributed by atoms with Crippen molar-refractivity contribution in [1.29, 1.82) is 0 Å². The van der Waals surface area contributed by atoms with Crippen LogP contribution in [0.15, 0.2) is 42.5 Å². The van der Waals surface area contributed by atoms with E-state index in [9.17, 15) is 9.59 Å². The Morgan fingerprint density at radius 3 is 2.40 bits per heavy atom. The Bertz CT molecular complexity index is 910. The molecule has 1 heterocycles. The van der Waals surface area contributed by atoms with Crippen LogP contribution in [0.3, 0.4) is 0 Å². The molecule has 0 saturated carbocycles. The first-order valence-electron chi connectivity index (χ1n) is 10.2. The number of carbonyl (C=O) groups is 2. The summed E-state index contributed by atoms with van der Waals surface area (Å²) in [5.74, 6) is 1.23. The second kappa shape index (κ2) is 9.20.